The van der Waals surface area contributed by atoms with Gasteiger partial charge in [0, 0.05) is 25.0 Å². The smallest absolute Gasteiger partial charge is 0.236 e. The van der Waals surface area contributed by atoms with Crippen LogP contribution in [0.2, 0.25) is 0 Å². The predicted octanol–water partition coefficient (Wildman–Crippen LogP) is 0.182. The number of halogens is 1. The highest BCUT2D eigenvalue weighted by Gasteiger charge is 2.41. The molecule has 0 aromatic rings. The van der Waals surface area contributed by atoms with Crippen LogP contribution < -0.4 is 5.32 Å². The third-order valence-electron chi connectivity index (χ3n) is 3.57. The minimum Gasteiger partial charge on any atom is -0.341 e. The second-order valence-electron chi connectivity index (χ2n) is 5.23. The number of hydrogen-bond acceptors (Lipinski definition) is 3. The topological polar surface area (TPSA) is 35.6 Å². The van der Waals surface area contributed by atoms with Gasteiger partial charge in [0.15, 0.2) is 0 Å². The molecule has 0 saturated carbocycles. The van der Waals surface area contributed by atoms with Gasteiger partial charge in [0.1, 0.15) is 0 Å². The highest BCUT2D eigenvalue weighted by atomic mass is 35.5. The molecule has 0 aliphatic carbocycles. The molecular formula is C11H22ClN3O. The van der Waals surface area contributed by atoms with Gasteiger partial charge in [-0.2, -0.15) is 0 Å². The second-order valence-corrected chi connectivity index (χ2v) is 5.23. The number of likely N-dealkylation sites (N-methyl/N-ethyl adjacent to an activating group) is 1. The molecule has 2 rings (SSSR count). The molecule has 2 heterocycles. The highest BCUT2D eigenvalue weighted by molar-refractivity contribution is 5.85. The van der Waals surface area contributed by atoms with E-state index in [9.17, 15) is 4.79 Å². The Labute approximate surface area is 104 Å². The Hall–Kier alpha value is -0.320. The van der Waals surface area contributed by atoms with Crippen LogP contribution in [-0.4, -0.2) is 62.5 Å². The quantitative estimate of drug-likeness (QED) is 0.757. The van der Waals surface area contributed by atoms with Crippen molar-refractivity contribution in [3.63, 3.8) is 0 Å². The molecule has 1 atom stereocenters. The average molecular weight is 248 g/mol. The highest BCUT2D eigenvalue weighted by Crippen LogP contribution is 2.35. The van der Waals surface area contributed by atoms with Crippen LogP contribution in [0.5, 0.6) is 0 Å². The minimum atomic E-state index is 0. The molecule has 2 aliphatic rings. The van der Waals surface area contributed by atoms with Crippen LogP contribution in [0, 0.1) is 5.41 Å². The van der Waals surface area contributed by atoms with Crippen molar-refractivity contribution in [2.75, 3.05) is 46.8 Å². The maximum atomic E-state index is 11.9. The Balaban J connectivity index is 0.00000128. The molecule has 2 fully saturated rings. The van der Waals surface area contributed by atoms with Crippen molar-refractivity contribution in [3.8, 4) is 0 Å². The summed E-state index contributed by atoms with van der Waals surface area (Å²) in [5, 5.41) is 3.41. The first-order valence-corrected chi connectivity index (χ1v) is 5.75. The molecule has 1 unspecified atom stereocenters. The lowest BCUT2D eigenvalue weighted by Crippen LogP contribution is -2.38. The zero-order chi connectivity index (χ0) is 10.9. The van der Waals surface area contributed by atoms with Gasteiger partial charge in [-0.3, -0.25) is 4.79 Å². The SMILES string of the molecule is CN(C)CC(=O)N1CCC2(CCNC2)C1.Cl. The Bertz CT molecular complexity index is 252. The van der Waals surface area contributed by atoms with Gasteiger partial charge in [-0.1, -0.05) is 0 Å². The van der Waals surface area contributed by atoms with Crippen molar-refractivity contribution in [2.45, 2.75) is 12.8 Å². The molecule has 1 amide bonds. The normalized spacial score (nSPS) is 28.8. The van der Waals surface area contributed by atoms with Gasteiger partial charge in [-0.15, -0.1) is 12.4 Å². The summed E-state index contributed by atoms with van der Waals surface area (Å²) in [5.41, 5.74) is 0.405. The number of nitrogens with one attached hydrogen (secondary N) is 1. The summed E-state index contributed by atoms with van der Waals surface area (Å²) in [6.07, 6.45) is 2.41. The van der Waals surface area contributed by atoms with Gasteiger partial charge in [-0.25, -0.2) is 0 Å². The first-order valence-electron chi connectivity index (χ1n) is 5.75. The third kappa shape index (κ3) is 2.87. The molecule has 2 saturated heterocycles. The Morgan fingerprint density at radius 1 is 1.44 bits per heavy atom. The van der Waals surface area contributed by atoms with E-state index < -0.39 is 0 Å². The molecule has 94 valence electrons. The Morgan fingerprint density at radius 3 is 2.75 bits per heavy atom. The number of carbonyl (C=O) groups excluding carboxylic acids is 1. The lowest BCUT2D eigenvalue weighted by molar-refractivity contribution is -0.131. The number of rotatable bonds is 2. The Morgan fingerprint density at radius 2 is 2.19 bits per heavy atom. The monoisotopic (exact) mass is 247 g/mol. The molecule has 0 aromatic heterocycles. The lowest BCUT2D eigenvalue weighted by atomic mass is 9.87. The molecular weight excluding hydrogens is 226 g/mol. The number of hydrogen-bond donors (Lipinski definition) is 1. The van der Waals surface area contributed by atoms with E-state index in [4.69, 9.17) is 0 Å². The molecule has 4 nitrogen and oxygen atoms in total. The summed E-state index contributed by atoms with van der Waals surface area (Å²) in [6.45, 7) is 4.68. The standard InChI is InChI=1S/C11H21N3O.ClH/c1-13(2)7-10(15)14-6-4-11(9-14)3-5-12-8-11;/h12H,3-9H2,1-2H3;1H. The number of likely N-dealkylation sites (tertiary alicyclic amines) is 1. The molecule has 0 bridgehead atoms. The van der Waals surface area contributed by atoms with Crippen LogP contribution in [0.25, 0.3) is 0 Å². The molecule has 0 radical (unpaired) electrons. The average Bonchev–Trinajstić information content (AvgIpc) is 2.76. The first-order chi connectivity index (χ1) is 7.11. The molecule has 1 spiro atoms. The van der Waals surface area contributed by atoms with E-state index in [1.54, 1.807) is 0 Å². The van der Waals surface area contributed by atoms with E-state index in [0.717, 1.165) is 26.2 Å². The van der Waals surface area contributed by atoms with Gasteiger partial charge in [0.2, 0.25) is 5.91 Å². The largest absolute Gasteiger partial charge is 0.341 e. The Kier molecular flexibility index (Phi) is 4.59. The first kappa shape index (κ1) is 13.7. The third-order valence-corrected chi connectivity index (χ3v) is 3.57. The summed E-state index contributed by atoms with van der Waals surface area (Å²) in [5.74, 6) is 0.281. The van der Waals surface area contributed by atoms with Crippen LogP contribution in [0.3, 0.4) is 0 Å². The molecule has 1 N–H and O–H groups in total. The summed E-state index contributed by atoms with van der Waals surface area (Å²) >= 11 is 0. The van der Waals surface area contributed by atoms with Crippen molar-refractivity contribution in [2.24, 2.45) is 5.41 Å². The summed E-state index contributed by atoms with van der Waals surface area (Å²) in [7, 11) is 3.89. The zero-order valence-corrected chi connectivity index (χ0v) is 11.0. The predicted molar refractivity (Wildman–Crippen MR) is 66.9 cm³/mol. The molecule has 16 heavy (non-hydrogen) atoms. The van der Waals surface area contributed by atoms with Gasteiger partial charge in [0.05, 0.1) is 6.54 Å². The maximum Gasteiger partial charge on any atom is 0.236 e. The van der Waals surface area contributed by atoms with Crippen molar-refractivity contribution in [1.82, 2.24) is 15.1 Å². The van der Waals surface area contributed by atoms with Gasteiger partial charge in [0.25, 0.3) is 0 Å². The molecule has 5 heteroatoms. The fraction of sp³-hybridized carbons (Fsp3) is 0.909. The van der Waals surface area contributed by atoms with E-state index in [2.05, 4.69) is 5.32 Å². The summed E-state index contributed by atoms with van der Waals surface area (Å²) in [4.78, 5) is 15.8. The van der Waals surface area contributed by atoms with E-state index in [1.165, 1.54) is 12.8 Å². The van der Waals surface area contributed by atoms with Gasteiger partial charge >= 0.3 is 0 Å². The van der Waals surface area contributed by atoms with Crippen LogP contribution in [-0.2, 0) is 4.79 Å². The van der Waals surface area contributed by atoms with E-state index in [-0.39, 0.29) is 18.3 Å². The van der Waals surface area contributed by atoms with Crippen molar-refractivity contribution >= 4 is 18.3 Å². The number of nitrogens with zero attached hydrogens (tertiary/aromatic N) is 2. The van der Waals surface area contributed by atoms with Gasteiger partial charge < -0.3 is 15.1 Å². The number of amides is 1. The minimum absolute atomic E-state index is 0. The summed E-state index contributed by atoms with van der Waals surface area (Å²) < 4.78 is 0. The van der Waals surface area contributed by atoms with Crippen molar-refractivity contribution < 1.29 is 4.79 Å². The van der Waals surface area contributed by atoms with E-state index >= 15 is 0 Å². The summed E-state index contributed by atoms with van der Waals surface area (Å²) in [6, 6.07) is 0. The maximum absolute atomic E-state index is 11.9. The van der Waals surface area contributed by atoms with E-state index in [0.29, 0.717) is 12.0 Å². The zero-order valence-electron chi connectivity index (χ0n) is 10.2. The van der Waals surface area contributed by atoms with Crippen LogP contribution in [0.4, 0.5) is 0 Å². The fourth-order valence-corrected chi connectivity index (χ4v) is 2.66. The molecule has 0 aromatic carbocycles. The second kappa shape index (κ2) is 5.34. The van der Waals surface area contributed by atoms with Crippen molar-refractivity contribution in [1.29, 1.82) is 0 Å². The fourth-order valence-electron chi connectivity index (χ4n) is 2.66. The van der Waals surface area contributed by atoms with Crippen LogP contribution >= 0.6 is 12.4 Å². The number of carbonyl (C=O) groups is 1. The lowest BCUT2D eigenvalue weighted by Gasteiger charge is -2.23. The molecule has 2 aliphatic heterocycles. The van der Waals surface area contributed by atoms with Crippen LogP contribution in [0.1, 0.15) is 12.8 Å². The van der Waals surface area contributed by atoms with Gasteiger partial charge in [-0.05, 0) is 33.5 Å². The van der Waals surface area contributed by atoms with Crippen LogP contribution in [0.15, 0.2) is 0 Å². The van der Waals surface area contributed by atoms with Crippen molar-refractivity contribution in [3.05, 3.63) is 0 Å². The van der Waals surface area contributed by atoms with E-state index in [1.807, 2.05) is 23.9 Å².